The van der Waals surface area contributed by atoms with E-state index in [9.17, 15) is 41.1 Å². The lowest BCUT2D eigenvalue weighted by Crippen LogP contribution is -2.64. The van der Waals surface area contributed by atoms with E-state index in [1.54, 1.807) is 9.80 Å². The molecule has 46 heavy (non-hydrogen) atoms. The molecule has 4 rings (SSSR count). The van der Waals surface area contributed by atoms with Gasteiger partial charge in [-0.2, -0.15) is 13.2 Å². The van der Waals surface area contributed by atoms with E-state index >= 15 is 8.78 Å². The summed E-state index contributed by atoms with van der Waals surface area (Å²) >= 11 is 6.15. The van der Waals surface area contributed by atoms with Crippen molar-refractivity contribution < 1.29 is 49.9 Å². The van der Waals surface area contributed by atoms with Gasteiger partial charge < -0.3 is 30.8 Å². The Morgan fingerprint density at radius 3 is 2.24 bits per heavy atom. The van der Waals surface area contributed by atoms with Crippen molar-refractivity contribution in [3.8, 4) is 0 Å². The molecule has 2 aliphatic rings. The highest BCUT2D eigenvalue weighted by Crippen LogP contribution is 2.32. The molecule has 2 fully saturated rings. The third-order valence-corrected chi connectivity index (χ3v) is 9.82. The standard InChI is InChI=1S/C28H31ClF5N5O6S/c29-18-2-4-20(21(15-18)39-11-9-38(10-12-39)8-5-28(32,33)34)36-24(40)19-3-1-17(22(30)23(19)31)16-35-25(41)27(37-26(42)43)6-13-46(44,45)14-7-27/h1-4,15,37H,5-14,16H2,(H,35,41)(H,36,40)(H,42,43)/p-1. The van der Waals surface area contributed by atoms with Gasteiger partial charge in [0.1, 0.15) is 11.6 Å². The third kappa shape index (κ3) is 8.76. The number of amides is 3. The average Bonchev–Trinajstić information content (AvgIpc) is 2.98. The molecule has 0 atom stereocenters. The number of carbonyl (C=O) groups excluding carboxylic acids is 3. The van der Waals surface area contributed by atoms with Crippen LogP contribution in [0.3, 0.4) is 0 Å². The number of benzene rings is 2. The van der Waals surface area contributed by atoms with Crippen LogP contribution in [0.4, 0.5) is 38.1 Å². The maximum absolute atomic E-state index is 15.1. The molecule has 3 amide bonds. The van der Waals surface area contributed by atoms with E-state index < -0.39 is 81.1 Å². The number of nitrogens with one attached hydrogen (secondary N) is 3. The van der Waals surface area contributed by atoms with Crippen molar-refractivity contribution in [3.05, 3.63) is 58.1 Å². The maximum atomic E-state index is 15.1. The minimum Gasteiger partial charge on any atom is -0.530 e. The first kappa shape index (κ1) is 35.2. The largest absolute Gasteiger partial charge is 0.530 e. The summed E-state index contributed by atoms with van der Waals surface area (Å²) in [5.74, 6) is -5.89. The van der Waals surface area contributed by atoms with Gasteiger partial charge in [-0.15, -0.1) is 0 Å². The van der Waals surface area contributed by atoms with E-state index in [4.69, 9.17) is 11.6 Å². The van der Waals surface area contributed by atoms with Gasteiger partial charge in [0.15, 0.2) is 21.5 Å². The van der Waals surface area contributed by atoms with Gasteiger partial charge in [0.25, 0.3) is 5.91 Å². The molecule has 2 heterocycles. The topological polar surface area (TPSA) is 151 Å². The Bertz CT molecular complexity index is 1590. The first-order valence-corrected chi connectivity index (χ1v) is 16.3. The summed E-state index contributed by atoms with van der Waals surface area (Å²) in [6.45, 7) is 0.515. The predicted molar refractivity (Wildman–Crippen MR) is 156 cm³/mol. The summed E-state index contributed by atoms with van der Waals surface area (Å²) in [4.78, 5) is 40.6. The number of halogens is 6. The molecule has 0 bridgehead atoms. The molecule has 0 aliphatic carbocycles. The van der Waals surface area contributed by atoms with Gasteiger partial charge in [-0.25, -0.2) is 17.2 Å². The van der Waals surface area contributed by atoms with E-state index in [0.29, 0.717) is 36.9 Å². The van der Waals surface area contributed by atoms with Gasteiger partial charge in [0.2, 0.25) is 5.91 Å². The normalized spacial score (nSPS) is 18.1. The van der Waals surface area contributed by atoms with Gasteiger partial charge in [0, 0.05) is 49.9 Å². The zero-order valence-corrected chi connectivity index (χ0v) is 25.8. The van der Waals surface area contributed by atoms with Crippen LogP contribution < -0.4 is 26.0 Å². The molecule has 2 saturated heterocycles. The first-order chi connectivity index (χ1) is 21.5. The zero-order chi connectivity index (χ0) is 33.9. The molecule has 11 nitrogen and oxygen atoms in total. The monoisotopic (exact) mass is 694 g/mol. The summed E-state index contributed by atoms with van der Waals surface area (Å²) in [6, 6.07) is 6.51. The summed E-state index contributed by atoms with van der Waals surface area (Å²) in [6.07, 6.45) is -7.79. The van der Waals surface area contributed by atoms with E-state index in [0.717, 1.165) is 12.1 Å². The van der Waals surface area contributed by atoms with E-state index in [2.05, 4.69) is 10.6 Å². The fourth-order valence-electron chi connectivity index (χ4n) is 5.30. The second-order valence-electron chi connectivity index (χ2n) is 11.0. The van der Waals surface area contributed by atoms with Crippen LogP contribution in [0.15, 0.2) is 30.3 Å². The highest BCUT2D eigenvalue weighted by atomic mass is 35.5. The average molecular weight is 695 g/mol. The van der Waals surface area contributed by atoms with Crippen molar-refractivity contribution in [1.29, 1.82) is 0 Å². The van der Waals surface area contributed by atoms with Crippen LogP contribution in [0.1, 0.15) is 35.2 Å². The molecular weight excluding hydrogens is 665 g/mol. The summed E-state index contributed by atoms with van der Waals surface area (Å²) in [5, 5.41) is 18.3. The number of alkyl halides is 3. The number of hydrogen-bond acceptors (Lipinski definition) is 8. The van der Waals surface area contributed by atoms with Crippen LogP contribution >= 0.6 is 11.6 Å². The van der Waals surface area contributed by atoms with E-state index in [1.165, 1.54) is 18.2 Å². The molecule has 3 N–H and O–H groups in total. The highest BCUT2D eigenvalue weighted by molar-refractivity contribution is 7.91. The third-order valence-electron chi connectivity index (χ3n) is 7.93. The smallest absolute Gasteiger partial charge is 0.390 e. The SMILES string of the molecule is O=C([O-])NC1(C(=O)NCc2ccc(C(=O)Nc3ccc(Cl)cc3N3CCN(CCC(F)(F)F)CC3)c(F)c2F)CCS(=O)(=O)CC1. The van der Waals surface area contributed by atoms with Crippen LogP contribution in [0.25, 0.3) is 0 Å². The number of carbonyl (C=O) groups is 3. The second-order valence-corrected chi connectivity index (χ2v) is 13.8. The Morgan fingerprint density at radius 2 is 1.63 bits per heavy atom. The highest BCUT2D eigenvalue weighted by Gasteiger charge is 2.43. The molecule has 252 valence electrons. The first-order valence-electron chi connectivity index (χ1n) is 14.1. The zero-order valence-electron chi connectivity index (χ0n) is 24.2. The maximum Gasteiger partial charge on any atom is 0.390 e. The minimum atomic E-state index is -4.27. The van der Waals surface area contributed by atoms with Crippen LogP contribution in [-0.2, 0) is 21.2 Å². The summed E-state index contributed by atoms with van der Waals surface area (Å²) < 4.78 is 91.6. The number of sulfone groups is 1. The van der Waals surface area contributed by atoms with Crippen LogP contribution in [0, 0.1) is 11.6 Å². The minimum absolute atomic E-state index is 0.150. The molecule has 0 unspecified atom stereocenters. The number of nitrogens with zero attached hydrogens (tertiary/aromatic N) is 2. The Balaban J connectivity index is 1.43. The number of carboxylic acid groups (broad SMARTS) is 1. The van der Waals surface area contributed by atoms with Crippen molar-refractivity contribution in [2.45, 2.75) is 37.5 Å². The van der Waals surface area contributed by atoms with Gasteiger partial charge in [-0.3, -0.25) is 14.5 Å². The van der Waals surface area contributed by atoms with Crippen molar-refractivity contribution in [2.75, 3.05) is 54.4 Å². The molecule has 0 spiro atoms. The van der Waals surface area contributed by atoms with Crippen molar-refractivity contribution >= 4 is 50.7 Å². The van der Waals surface area contributed by atoms with Gasteiger partial charge in [-0.05, 0) is 37.1 Å². The fourth-order valence-corrected chi connectivity index (χ4v) is 6.99. The van der Waals surface area contributed by atoms with Crippen molar-refractivity contribution in [1.82, 2.24) is 15.5 Å². The fraction of sp³-hybridized carbons (Fsp3) is 0.464. The lowest BCUT2D eigenvalue weighted by Gasteiger charge is -2.37. The molecular formula is C28H30ClF5N5O6S-. The Kier molecular flexibility index (Phi) is 10.7. The van der Waals surface area contributed by atoms with Gasteiger partial charge in [-0.1, -0.05) is 17.7 Å². The quantitative estimate of drug-likeness (QED) is 0.339. The van der Waals surface area contributed by atoms with Crippen LogP contribution in [0.2, 0.25) is 5.02 Å². The molecule has 0 radical (unpaired) electrons. The Hall–Kier alpha value is -3.70. The van der Waals surface area contributed by atoms with Crippen LogP contribution in [-0.4, -0.2) is 87.2 Å². The molecule has 0 saturated carbocycles. The van der Waals surface area contributed by atoms with Gasteiger partial charge in [0.05, 0.1) is 34.9 Å². The molecule has 2 aliphatic heterocycles. The summed E-state index contributed by atoms with van der Waals surface area (Å²) in [5.41, 5.74) is -2.24. The van der Waals surface area contributed by atoms with Gasteiger partial charge >= 0.3 is 6.18 Å². The number of rotatable bonds is 9. The van der Waals surface area contributed by atoms with E-state index in [1.807, 2.05) is 5.32 Å². The predicted octanol–water partition coefficient (Wildman–Crippen LogP) is 2.44. The van der Waals surface area contributed by atoms with Crippen molar-refractivity contribution in [2.24, 2.45) is 0 Å². The molecule has 18 heteroatoms. The molecule has 2 aromatic carbocycles. The lowest BCUT2D eigenvalue weighted by atomic mass is 9.91. The second kappa shape index (κ2) is 14.0. The van der Waals surface area contributed by atoms with Crippen molar-refractivity contribution in [3.63, 3.8) is 0 Å². The number of anilines is 2. The lowest BCUT2D eigenvalue weighted by molar-refractivity contribution is -0.253. The van der Waals surface area contributed by atoms with E-state index in [-0.39, 0.29) is 30.6 Å². The molecule has 0 aromatic heterocycles. The molecule has 2 aromatic rings. The number of hydrogen-bond donors (Lipinski definition) is 3. The Labute approximate surface area is 266 Å². The summed E-state index contributed by atoms with van der Waals surface area (Å²) in [7, 11) is -3.48. The Morgan fingerprint density at radius 1 is 0.978 bits per heavy atom. The van der Waals surface area contributed by atoms with Crippen LogP contribution in [0.5, 0.6) is 0 Å². The number of piperazine rings is 1.